The van der Waals surface area contributed by atoms with Gasteiger partial charge in [0.1, 0.15) is 0 Å². The van der Waals surface area contributed by atoms with Crippen LogP contribution in [0.1, 0.15) is 90.9 Å². The van der Waals surface area contributed by atoms with Crippen molar-refractivity contribution in [2.24, 2.45) is 5.92 Å². The van der Waals surface area contributed by atoms with E-state index in [4.69, 9.17) is 14.2 Å². The SMILES string of the molecule is CCCCCCCC1(CC[C@@H]2CCC(O)O[C@H](C)C[C@H]2O)OCCCO1. The van der Waals surface area contributed by atoms with Crippen LogP contribution in [0.2, 0.25) is 0 Å². The first-order valence-electron chi connectivity index (χ1n) is 10.8. The van der Waals surface area contributed by atoms with E-state index in [1.54, 1.807) is 0 Å². The van der Waals surface area contributed by atoms with Crippen LogP contribution in [-0.4, -0.2) is 47.7 Å². The van der Waals surface area contributed by atoms with Crippen LogP contribution >= 0.6 is 0 Å². The van der Waals surface area contributed by atoms with Crippen LogP contribution in [0.4, 0.5) is 0 Å². The Labute approximate surface area is 159 Å². The van der Waals surface area contributed by atoms with Gasteiger partial charge in [0.2, 0.25) is 0 Å². The molecule has 0 aromatic carbocycles. The molecule has 1 unspecified atom stereocenters. The van der Waals surface area contributed by atoms with Crippen LogP contribution in [0.25, 0.3) is 0 Å². The highest BCUT2D eigenvalue weighted by molar-refractivity contribution is 4.80. The van der Waals surface area contributed by atoms with Gasteiger partial charge in [-0.2, -0.15) is 0 Å². The molecule has 2 fully saturated rings. The zero-order valence-electron chi connectivity index (χ0n) is 16.8. The second kappa shape index (κ2) is 11.6. The van der Waals surface area contributed by atoms with Gasteiger partial charge < -0.3 is 24.4 Å². The fraction of sp³-hybridized carbons (Fsp3) is 1.00. The number of hydrogen-bond acceptors (Lipinski definition) is 5. The van der Waals surface area contributed by atoms with E-state index in [2.05, 4.69) is 6.92 Å². The quantitative estimate of drug-likeness (QED) is 0.595. The minimum Gasteiger partial charge on any atom is -0.393 e. The minimum absolute atomic E-state index is 0.113. The zero-order valence-corrected chi connectivity index (χ0v) is 16.8. The predicted octanol–water partition coefficient (Wildman–Crippen LogP) is 4.14. The van der Waals surface area contributed by atoms with E-state index in [0.717, 1.165) is 51.7 Å². The summed E-state index contributed by atoms with van der Waals surface area (Å²) in [7, 11) is 0. The average Bonchev–Trinajstić information content (AvgIpc) is 2.61. The maximum absolute atomic E-state index is 10.6. The molecule has 0 spiro atoms. The van der Waals surface area contributed by atoms with Crippen LogP contribution in [0.3, 0.4) is 0 Å². The Hall–Kier alpha value is -0.200. The highest BCUT2D eigenvalue weighted by atomic mass is 16.7. The van der Waals surface area contributed by atoms with Gasteiger partial charge in [-0.15, -0.1) is 0 Å². The van der Waals surface area contributed by atoms with Crippen molar-refractivity contribution in [3.05, 3.63) is 0 Å². The lowest BCUT2D eigenvalue weighted by Crippen LogP contribution is -2.42. The molecule has 5 nitrogen and oxygen atoms in total. The van der Waals surface area contributed by atoms with Crippen molar-refractivity contribution in [2.75, 3.05) is 13.2 Å². The van der Waals surface area contributed by atoms with E-state index in [-0.39, 0.29) is 18.1 Å². The van der Waals surface area contributed by atoms with Crippen molar-refractivity contribution in [1.82, 2.24) is 0 Å². The fourth-order valence-electron chi connectivity index (χ4n) is 4.24. The summed E-state index contributed by atoms with van der Waals surface area (Å²) in [5.74, 6) is -0.296. The van der Waals surface area contributed by atoms with Gasteiger partial charge >= 0.3 is 0 Å². The third-order valence-corrected chi connectivity index (χ3v) is 5.87. The Kier molecular flexibility index (Phi) is 9.86. The van der Waals surface area contributed by atoms with E-state index in [1.165, 1.54) is 25.7 Å². The highest BCUT2D eigenvalue weighted by Gasteiger charge is 2.36. The van der Waals surface area contributed by atoms with E-state index < -0.39 is 12.1 Å². The highest BCUT2D eigenvalue weighted by Crippen LogP contribution is 2.35. The molecule has 0 radical (unpaired) electrons. The third kappa shape index (κ3) is 7.43. The second-order valence-corrected chi connectivity index (χ2v) is 8.21. The van der Waals surface area contributed by atoms with Gasteiger partial charge in [0.25, 0.3) is 0 Å². The topological polar surface area (TPSA) is 68.2 Å². The van der Waals surface area contributed by atoms with Crippen LogP contribution < -0.4 is 0 Å². The van der Waals surface area contributed by atoms with Crippen molar-refractivity contribution >= 4 is 0 Å². The Morgan fingerprint density at radius 1 is 0.962 bits per heavy atom. The summed E-state index contributed by atoms with van der Waals surface area (Å²) in [5.41, 5.74) is 0. The summed E-state index contributed by atoms with van der Waals surface area (Å²) < 4.78 is 17.7. The van der Waals surface area contributed by atoms with Gasteiger partial charge in [-0.3, -0.25) is 0 Å². The first kappa shape index (κ1) is 22.1. The molecule has 26 heavy (non-hydrogen) atoms. The normalized spacial score (nSPS) is 32.8. The number of hydrogen-bond donors (Lipinski definition) is 2. The Bertz CT molecular complexity index is 369. The number of unbranched alkanes of at least 4 members (excludes halogenated alkanes) is 4. The molecule has 4 atom stereocenters. The first-order valence-corrected chi connectivity index (χ1v) is 10.8. The van der Waals surface area contributed by atoms with Gasteiger partial charge in [-0.1, -0.05) is 32.6 Å². The largest absolute Gasteiger partial charge is 0.393 e. The molecule has 154 valence electrons. The molecular weight excluding hydrogens is 332 g/mol. The smallest absolute Gasteiger partial charge is 0.168 e. The fourth-order valence-corrected chi connectivity index (χ4v) is 4.24. The molecule has 0 bridgehead atoms. The summed E-state index contributed by atoms with van der Waals surface area (Å²) in [6.07, 6.45) is 10.5. The molecule has 0 saturated carbocycles. The third-order valence-electron chi connectivity index (χ3n) is 5.87. The summed E-state index contributed by atoms with van der Waals surface area (Å²) in [6, 6.07) is 0. The standard InChI is InChI=1S/C21H40O5/c1-3-4-5-6-7-12-21(24-14-8-15-25-21)13-11-18-9-10-20(23)26-17(2)16-19(18)22/h17-20,22-23H,3-16H2,1-2H3/t17-,18+,19-,20?/m1/s1. The molecule has 2 heterocycles. The molecule has 2 aliphatic heterocycles. The van der Waals surface area contributed by atoms with Crippen molar-refractivity contribution < 1.29 is 24.4 Å². The Balaban J connectivity index is 1.86. The zero-order chi connectivity index (χ0) is 18.8. The molecule has 2 aliphatic rings. The molecule has 2 rings (SSSR count). The number of aliphatic hydroxyl groups is 2. The molecule has 0 aromatic rings. The first-order chi connectivity index (χ1) is 12.5. The van der Waals surface area contributed by atoms with Gasteiger partial charge in [0.05, 0.1) is 25.4 Å². The monoisotopic (exact) mass is 372 g/mol. The number of rotatable bonds is 9. The molecule has 0 amide bonds. The Morgan fingerprint density at radius 2 is 1.69 bits per heavy atom. The van der Waals surface area contributed by atoms with Crippen LogP contribution in [0.15, 0.2) is 0 Å². The van der Waals surface area contributed by atoms with E-state index in [9.17, 15) is 10.2 Å². The molecule has 5 heteroatoms. The van der Waals surface area contributed by atoms with Crippen LogP contribution in [0, 0.1) is 5.92 Å². The summed E-state index contributed by atoms with van der Waals surface area (Å²) >= 11 is 0. The van der Waals surface area contributed by atoms with Crippen LogP contribution in [0.5, 0.6) is 0 Å². The van der Waals surface area contributed by atoms with Crippen molar-refractivity contribution in [1.29, 1.82) is 0 Å². The summed E-state index contributed by atoms with van der Waals surface area (Å²) in [5, 5.41) is 20.5. The van der Waals surface area contributed by atoms with E-state index >= 15 is 0 Å². The molecule has 0 aromatic heterocycles. The lowest BCUT2D eigenvalue weighted by atomic mass is 9.85. The number of aliphatic hydroxyl groups excluding tert-OH is 2. The lowest BCUT2D eigenvalue weighted by Gasteiger charge is -2.39. The van der Waals surface area contributed by atoms with Crippen molar-refractivity contribution in [3.8, 4) is 0 Å². The van der Waals surface area contributed by atoms with Gasteiger partial charge in [-0.05, 0) is 51.4 Å². The van der Waals surface area contributed by atoms with E-state index in [0.29, 0.717) is 12.8 Å². The molecular formula is C21H40O5. The lowest BCUT2D eigenvalue weighted by molar-refractivity contribution is -0.276. The maximum Gasteiger partial charge on any atom is 0.168 e. The van der Waals surface area contributed by atoms with Crippen molar-refractivity contribution in [3.63, 3.8) is 0 Å². The second-order valence-electron chi connectivity index (χ2n) is 8.21. The van der Waals surface area contributed by atoms with Crippen LogP contribution in [-0.2, 0) is 14.2 Å². The molecule has 0 aliphatic carbocycles. The van der Waals surface area contributed by atoms with Gasteiger partial charge in [0, 0.05) is 12.8 Å². The van der Waals surface area contributed by atoms with Crippen molar-refractivity contribution in [2.45, 2.75) is 115 Å². The van der Waals surface area contributed by atoms with Gasteiger partial charge in [0.15, 0.2) is 12.1 Å². The Morgan fingerprint density at radius 3 is 2.42 bits per heavy atom. The molecule has 2 N–H and O–H groups in total. The average molecular weight is 373 g/mol. The van der Waals surface area contributed by atoms with Gasteiger partial charge in [-0.25, -0.2) is 0 Å². The summed E-state index contributed by atoms with van der Waals surface area (Å²) in [4.78, 5) is 0. The molecule has 2 saturated heterocycles. The van der Waals surface area contributed by atoms with E-state index in [1.807, 2.05) is 6.92 Å². The predicted molar refractivity (Wildman–Crippen MR) is 102 cm³/mol. The maximum atomic E-state index is 10.6. The minimum atomic E-state index is -0.713. The number of ether oxygens (including phenoxy) is 3. The summed E-state index contributed by atoms with van der Waals surface area (Å²) in [6.45, 7) is 5.69.